The van der Waals surface area contributed by atoms with Gasteiger partial charge < -0.3 is 5.32 Å². The Balaban J connectivity index is 1.85. The summed E-state index contributed by atoms with van der Waals surface area (Å²) < 4.78 is 0. The van der Waals surface area contributed by atoms with Crippen molar-refractivity contribution in [1.82, 2.24) is 15.5 Å². The van der Waals surface area contributed by atoms with E-state index in [0.29, 0.717) is 15.2 Å². The SMILES string of the molecule is C=C1S/C(=N/c2nnc(-c3ccccc3)s2)NC1=O. The van der Waals surface area contributed by atoms with Gasteiger partial charge in [0, 0.05) is 5.56 Å². The lowest BCUT2D eigenvalue weighted by molar-refractivity contribution is -0.115. The van der Waals surface area contributed by atoms with E-state index in [0.717, 1.165) is 10.6 Å². The monoisotopic (exact) mass is 288 g/mol. The second kappa shape index (κ2) is 4.94. The van der Waals surface area contributed by atoms with Crippen LogP contribution in [0.15, 0.2) is 46.8 Å². The highest BCUT2D eigenvalue weighted by Crippen LogP contribution is 2.30. The summed E-state index contributed by atoms with van der Waals surface area (Å²) in [6.07, 6.45) is 0. The number of carbonyl (C=O) groups is 1. The molecule has 1 amide bonds. The van der Waals surface area contributed by atoms with Gasteiger partial charge in [-0.25, -0.2) is 0 Å². The number of rotatable bonds is 2. The standard InChI is InChI=1S/C12H8N4OS2/c1-7-9(17)13-11(18-7)14-12-16-15-10(19-12)8-5-3-2-4-6-8/h2-6H,1H2,(H,13,14,16,17). The van der Waals surface area contributed by atoms with Crippen LogP contribution in [0.2, 0.25) is 0 Å². The lowest BCUT2D eigenvalue weighted by Crippen LogP contribution is -2.19. The Bertz CT molecular complexity index is 660. The third-order valence-corrected chi connectivity index (χ3v) is 4.01. The Hall–Kier alpha value is -1.99. The van der Waals surface area contributed by atoms with E-state index < -0.39 is 0 Å². The van der Waals surface area contributed by atoms with Crippen molar-refractivity contribution >= 4 is 39.3 Å². The van der Waals surface area contributed by atoms with Crippen molar-refractivity contribution in [2.24, 2.45) is 4.99 Å². The quantitative estimate of drug-likeness (QED) is 0.862. The Morgan fingerprint density at radius 3 is 2.68 bits per heavy atom. The Morgan fingerprint density at radius 1 is 1.21 bits per heavy atom. The maximum atomic E-state index is 11.3. The molecule has 19 heavy (non-hydrogen) atoms. The van der Waals surface area contributed by atoms with Crippen molar-refractivity contribution in [3.05, 3.63) is 41.8 Å². The summed E-state index contributed by atoms with van der Waals surface area (Å²) in [5.41, 5.74) is 0.999. The molecule has 2 aromatic rings. The molecule has 94 valence electrons. The Morgan fingerprint density at radius 2 is 2.00 bits per heavy atom. The van der Waals surface area contributed by atoms with Crippen molar-refractivity contribution in [1.29, 1.82) is 0 Å². The zero-order valence-corrected chi connectivity index (χ0v) is 11.3. The smallest absolute Gasteiger partial charge is 0.263 e. The van der Waals surface area contributed by atoms with E-state index in [1.54, 1.807) is 0 Å². The minimum Gasteiger partial charge on any atom is -0.300 e. The van der Waals surface area contributed by atoms with Crippen LogP contribution in [0.25, 0.3) is 10.6 Å². The third kappa shape index (κ3) is 2.56. The average Bonchev–Trinajstić information content (AvgIpc) is 2.99. The summed E-state index contributed by atoms with van der Waals surface area (Å²) in [5.74, 6) is -0.212. The van der Waals surface area contributed by atoms with Crippen LogP contribution in [0, 0.1) is 0 Å². The fourth-order valence-electron chi connectivity index (χ4n) is 1.45. The maximum absolute atomic E-state index is 11.3. The fraction of sp³-hybridized carbons (Fsp3) is 0. The van der Waals surface area contributed by atoms with E-state index >= 15 is 0 Å². The first-order valence-corrected chi connectivity index (χ1v) is 7.01. The number of amides is 1. The van der Waals surface area contributed by atoms with E-state index in [1.165, 1.54) is 23.1 Å². The second-order valence-corrected chi connectivity index (χ2v) is 5.69. The van der Waals surface area contributed by atoms with E-state index in [-0.39, 0.29) is 5.91 Å². The molecule has 0 bridgehead atoms. The molecule has 1 aliphatic heterocycles. The van der Waals surface area contributed by atoms with Crippen LogP contribution < -0.4 is 5.32 Å². The fourth-order valence-corrected chi connectivity index (χ4v) is 2.89. The number of thioether (sulfide) groups is 1. The van der Waals surface area contributed by atoms with Gasteiger partial charge in [0.2, 0.25) is 5.13 Å². The molecule has 1 saturated heterocycles. The van der Waals surface area contributed by atoms with Gasteiger partial charge in [0.15, 0.2) is 5.17 Å². The topological polar surface area (TPSA) is 67.2 Å². The summed E-state index contributed by atoms with van der Waals surface area (Å²) in [6.45, 7) is 3.62. The number of nitrogens with zero attached hydrogens (tertiary/aromatic N) is 3. The van der Waals surface area contributed by atoms with E-state index in [9.17, 15) is 4.79 Å². The van der Waals surface area contributed by atoms with E-state index in [2.05, 4.69) is 27.1 Å². The summed E-state index contributed by atoms with van der Waals surface area (Å²) in [7, 11) is 0. The number of benzene rings is 1. The van der Waals surface area contributed by atoms with Gasteiger partial charge in [-0.3, -0.25) is 4.79 Å². The first kappa shape index (κ1) is 12.1. The zero-order chi connectivity index (χ0) is 13.2. The van der Waals surface area contributed by atoms with Crippen molar-refractivity contribution in [2.45, 2.75) is 0 Å². The largest absolute Gasteiger partial charge is 0.300 e. The van der Waals surface area contributed by atoms with Crippen LogP contribution in [0.4, 0.5) is 5.13 Å². The summed E-state index contributed by atoms with van der Waals surface area (Å²) in [4.78, 5) is 15.9. The lowest BCUT2D eigenvalue weighted by Gasteiger charge is -1.91. The molecular weight excluding hydrogens is 280 g/mol. The number of aliphatic imine (C=N–C) groups is 1. The molecule has 1 aromatic carbocycles. The first-order valence-electron chi connectivity index (χ1n) is 5.38. The van der Waals surface area contributed by atoms with Crippen molar-refractivity contribution in [3.8, 4) is 10.6 Å². The van der Waals surface area contributed by atoms with Crippen LogP contribution in [-0.2, 0) is 4.79 Å². The number of carbonyl (C=O) groups excluding carboxylic acids is 1. The van der Waals surface area contributed by atoms with Gasteiger partial charge >= 0.3 is 0 Å². The van der Waals surface area contributed by atoms with Crippen molar-refractivity contribution in [3.63, 3.8) is 0 Å². The number of hydrogen-bond acceptors (Lipinski definition) is 6. The molecule has 0 spiro atoms. The molecule has 1 fully saturated rings. The van der Waals surface area contributed by atoms with Gasteiger partial charge in [-0.05, 0) is 11.8 Å². The molecule has 0 aliphatic carbocycles. The van der Waals surface area contributed by atoms with Crippen LogP contribution in [0.5, 0.6) is 0 Å². The van der Waals surface area contributed by atoms with Gasteiger partial charge in [-0.1, -0.05) is 48.2 Å². The zero-order valence-electron chi connectivity index (χ0n) is 9.66. The minimum atomic E-state index is -0.212. The molecule has 7 heteroatoms. The molecule has 5 nitrogen and oxygen atoms in total. The minimum absolute atomic E-state index is 0.212. The maximum Gasteiger partial charge on any atom is 0.263 e. The second-order valence-electron chi connectivity index (χ2n) is 3.65. The number of aromatic nitrogens is 2. The molecular formula is C12H8N4OS2. The lowest BCUT2D eigenvalue weighted by atomic mass is 10.2. The number of nitrogens with one attached hydrogen (secondary N) is 1. The summed E-state index contributed by atoms with van der Waals surface area (Å²) in [5, 5.41) is 12.5. The van der Waals surface area contributed by atoms with Crippen molar-refractivity contribution in [2.75, 3.05) is 0 Å². The van der Waals surface area contributed by atoms with Crippen molar-refractivity contribution < 1.29 is 4.79 Å². The molecule has 1 N–H and O–H groups in total. The molecule has 3 rings (SSSR count). The Labute approximate surface area is 117 Å². The Kier molecular flexibility index (Phi) is 3.14. The molecule has 0 saturated carbocycles. The first-order chi connectivity index (χ1) is 9.22. The highest BCUT2D eigenvalue weighted by atomic mass is 32.2. The van der Waals surface area contributed by atoms with Gasteiger partial charge in [0.1, 0.15) is 5.01 Å². The summed E-state index contributed by atoms with van der Waals surface area (Å²) >= 11 is 2.58. The normalized spacial score (nSPS) is 16.9. The van der Waals surface area contributed by atoms with Gasteiger partial charge in [-0.15, -0.1) is 10.2 Å². The van der Waals surface area contributed by atoms with Crippen LogP contribution in [0.1, 0.15) is 0 Å². The highest BCUT2D eigenvalue weighted by molar-refractivity contribution is 8.18. The van der Waals surface area contributed by atoms with Gasteiger partial charge in [0.05, 0.1) is 4.91 Å². The molecule has 0 radical (unpaired) electrons. The molecule has 1 aromatic heterocycles. The average molecular weight is 288 g/mol. The van der Waals surface area contributed by atoms with Gasteiger partial charge in [0.25, 0.3) is 5.91 Å². The predicted octanol–water partition coefficient (Wildman–Crippen LogP) is 2.57. The molecule has 1 aliphatic rings. The van der Waals surface area contributed by atoms with Crippen LogP contribution in [0.3, 0.4) is 0 Å². The van der Waals surface area contributed by atoms with Gasteiger partial charge in [-0.2, -0.15) is 4.99 Å². The summed E-state index contributed by atoms with van der Waals surface area (Å²) in [6, 6.07) is 9.76. The molecule has 2 heterocycles. The van der Waals surface area contributed by atoms with E-state index in [4.69, 9.17) is 0 Å². The van der Waals surface area contributed by atoms with Crippen LogP contribution >= 0.6 is 23.1 Å². The van der Waals surface area contributed by atoms with E-state index in [1.807, 2.05) is 30.3 Å². The third-order valence-electron chi connectivity index (χ3n) is 2.33. The molecule has 0 atom stereocenters. The van der Waals surface area contributed by atoms with Crippen LogP contribution in [-0.4, -0.2) is 21.3 Å². The highest BCUT2D eigenvalue weighted by Gasteiger charge is 2.22. The number of amidine groups is 1. The molecule has 0 unspecified atom stereocenters. The predicted molar refractivity (Wildman–Crippen MR) is 77.3 cm³/mol. The number of hydrogen-bond donors (Lipinski definition) is 1.